The van der Waals surface area contributed by atoms with Crippen LogP contribution in [0, 0.1) is 0 Å². The molecule has 1 aromatic carbocycles. The van der Waals surface area contributed by atoms with Crippen molar-refractivity contribution < 1.29 is 14.3 Å². The fraction of sp³-hybridized carbons (Fsp3) is 0.280. The molecule has 0 unspecified atom stereocenters. The monoisotopic (exact) mass is 510 g/mol. The highest BCUT2D eigenvalue weighted by molar-refractivity contribution is 8.26. The molecule has 8 nitrogen and oxygen atoms in total. The Labute approximate surface area is 212 Å². The number of aromatic nitrogens is 2. The van der Waals surface area contributed by atoms with Crippen LogP contribution in [0.5, 0.6) is 5.75 Å². The Morgan fingerprint density at radius 3 is 2.69 bits per heavy atom. The number of anilines is 1. The minimum Gasteiger partial charge on any atom is -0.497 e. The van der Waals surface area contributed by atoms with Gasteiger partial charge in [0.05, 0.1) is 17.6 Å². The quantitative estimate of drug-likeness (QED) is 0.252. The molecule has 182 valence electrons. The van der Waals surface area contributed by atoms with Crippen LogP contribution in [0.2, 0.25) is 0 Å². The van der Waals surface area contributed by atoms with Gasteiger partial charge >= 0.3 is 0 Å². The molecule has 0 spiro atoms. The van der Waals surface area contributed by atoms with Gasteiger partial charge in [-0.3, -0.25) is 18.9 Å². The lowest BCUT2D eigenvalue weighted by Gasteiger charge is -2.14. The summed E-state index contributed by atoms with van der Waals surface area (Å²) in [4.78, 5) is 33.1. The topological polar surface area (TPSA) is 85.2 Å². The molecule has 3 heterocycles. The van der Waals surface area contributed by atoms with Crippen molar-refractivity contribution in [3.8, 4) is 5.75 Å². The van der Waals surface area contributed by atoms with Crippen LogP contribution in [-0.2, 0) is 16.0 Å². The lowest BCUT2D eigenvalue weighted by molar-refractivity contribution is -0.122. The lowest BCUT2D eigenvalue weighted by Crippen LogP contribution is -2.30. The van der Waals surface area contributed by atoms with Gasteiger partial charge in [0.2, 0.25) is 0 Å². The maximum Gasteiger partial charge on any atom is 0.267 e. The number of methoxy groups -OCH3 is 2. The van der Waals surface area contributed by atoms with E-state index in [1.807, 2.05) is 30.3 Å². The molecule has 1 aliphatic rings. The fourth-order valence-corrected chi connectivity index (χ4v) is 4.94. The van der Waals surface area contributed by atoms with E-state index in [1.54, 1.807) is 43.5 Å². The highest BCUT2D eigenvalue weighted by atomic mass is 32.2. The van der Waals surface area contributed by atoms with Gasteiger partial charge in [-0.15, -0.1) is 0 Å². The highest BCUT2D eigenvalue weighted by Gasteiger charge is 2.32. The van der Waals surface area contributed by atoms with E-state index >= 15 is 0 Å². The average Bonchev–Trinajstić information content (AvgIpc) is 3.14. The predicted octanol–water partition coefficient (Wildman–Crippen LogP) is 3.60. The molecule has 0 radical (unpaired) electrons. The number of amides is 1. The first-order chi connectivity index (χ1) is 17.0. The molecule has 3 aromatic rings. The molecule has 1 saturated heterocycles. The van der Waals surface area contributed by atoms with Crippen LogP contribution in [0.3, 0.4) is 0 Å². The van der Waals surface area contributed by atoms with Crippen LogP contribution in [0.4, 0.5) is 5.82 Å². The standard InChI is InChI=1S/C25H26N4O4S2/c1-32-15-5-12-26-22-19(23(30)28-13-4-3-6-21(28)27-22)16-20-24(31)29(25(34)35-20)14-11-17-7-9-18(33-2)10-8-17/h3-4,6-10,13,16,26H,5,11-12,14-15H2,1-2H3/b20-16-. The Morgan fingerprint density at radius 2 is 1.94 bits per heavy atom. The first kappa shape index (κ1) is 24.9. The van der Waals surface area contributed by atoms with Crippen LogP contribution in [0.1, 0.15) is 17.5 Å². The highest BCUT2D eigenvalue weighted by Crippen LogP contribution is 2.33. The molecule has 1 amide bonds. The van der Waals surface area contributed by atoms with Gasteiger partial charge in [-0.25, -0.2) is 4.98 Å². The van der Waals surface area contributed by atoms with Crippen LogP contribution in [0.25, 0.3) is 11.7 Å². The molecule has 0 bridgehead atoms. The number of thiocarbonyl (C=S) groups is 1. The van der Waals surface area contributed by atoms with Crippen molar-refractivity contribution in [1.82, 2.24) is 14.3 Å². The van der Waals surface area contributed by atoms with Crippen molar-refractivity contribution in [1.29, 1.82) is 0 Å². The third kappa shape index (κ3) is 5.72. The molecule has 35 heavy (non-hydrogen) atoms. The number of ether oxygens (including phenoxy) is 2. The lowest BCUT2D eigenvalue weighted by atomic mass is 10.1. The summed E-state index contributed by atoms with van der Waals surface area (Å²) >= 11 is 6.68. The molecular formula is C25H26N4O4S2. The summed E-state index contributed by atoms with van der Waals surface area (Å²) in [6.07, 6.45) is 4.66. The number of thioether (sulfide) groups is 1. The number of nitrogens with zero attached hydrogens (tertiary/aromatic N) is 3. The Balaban J connectivity index is 1.58. The van der Waals surface area contributed by atoms with E-state index in [0.717, 1.165) is 17.7 Å². The first-order valence-electron chi connectivity index (χ1n) is 11.1. The van der Waals surface area contributed by atoms with Crippen LogP contribution in [0.15, 0.2) is 58.4 Å². The van der Waals surface area contributed by atoms with Crippen LogP contribution < -0.4 is 15.6 Å². The summed E-state index contributed by atoms with van der Waals surface area (Å²) in [5.41, 5.74) is 1.66. The van der Waals surface area contributed by atoms with Gasteiger partial charge in [0.25, 0.3) is 11.5 Å². The van der Waals surface area contributed by atoms with Crippen LogP contribution in [-0.4, -0.2) is 58.4 Å². The predicted molar refractivity (Wildman–Crippen MR) is 143 cm³/mol. The van der Waals surface area contributed by atoms with Crippen molar-refractivity contribution in [3.63, 3.8) is 0 Å². The second-order valence-electron chi connectivity index (χ2n) is 7.81. The zero-order valence-corrected chi connectivity index (χ0v) is 21.2. The van der Waals surface area contributed by atoms with Crippen molar-refractivity contribution >= 4 is 51.7 Å². The maximum absolute atomic E-state index is 13.3. The molecule has 0 saturated carbocycles. The number of nitrogens with one attached hydrogen (secondary N) is 1. The third-order valence-corrected chi connectivity index (χ3v) is 6.90. The van der Waals surface area contributed by atoms with Gasteiger partial charge in [-0.1, -0.05) is 42.2 Å². The number of carbonyl (C=O) groups excluding carboxylic acids is 1. The van der Waals surface area contributed by atoms with E-state index in [-0.39, 0.29) is 11.5 Å². The molecule has 10 heteroatoms. The van der Waals surface area contributed by atoms with Crippen molar-refractivity contribution in [3.05, 3.63) is 75.0 Å². The molecule has 2 aromatic heterocycles. The maximum atomic E-state index is 13.3. The zero-order chi connectivity index (χ0) is 24.8. The van der Waals surface area contributed by atoms with Gasteiger partial charge in [0.15, 0.2) is 0 Å². The minimum atomic E-state index is -0.256. The Morgan fingerprint density at radius 1 is 1.14 bits per heavy atom. The van der Waals surface area contributed by atoms with Crippen molar-refractivity contribution in [2.45, 2.75) is 12.8 Å². The van der Waals surface area contributed by atoms with Crippen molar-refractivity contribution in [2.24, 2.45) is 0 Å². The van der Waals surface area contributed by atoms with Gasteiger partial charge in [-0.2, -0.15) is 0 Å². The first-order valence-corrected chi connectivity index (χ1v) is 12.4. The molecule has 0 aliphatic carbocycles. The third-order valence-electron chi connectivity index (χ3n) is 5.52. The molecule has 1 fully saturated rings. The molecule has 1 aliphatic heterocycles. The molecular weight excluding hydrogens is 484 g/mol. The van der Waals surface area contributed by atoms with Gasteiger partial charge in [0.1, 0.15) is 21.5 Å². The Hall–Kier alpha value is -3.21. The largest absolute Gasteiger partial charge is 0.497 e. The Bertz CT molecular complexity index is 1320. The minimum absolute atomic E-state index is 0.212. The van der Waals surface area contributed by atoms with E-state index in [4.69, 9.17) is 21.7 Å². The summed E-state index contributed by atoms with van der Waals surface area (Å²) in [5.74, 6) is 1.00. The number of benzene rings is 1. The second-order valence-corrected chi connectivity index (χ2v) is 9.49. The number of rotatable bonds is 10. The van der Waals surface area contributed by atoms with Crippen LogP contribution >= 0.6 is 24.0 Å². The fourth-order valence-electron chi connectivity index (χ4n) is 3.65. The zero-order valence-electron chi connectivity index (χ0n) is 19.5. The van der Waals surface area contributed by atoms with Gasteiger partial charge in [0, 0.05) is 33.0 Å². The normalized spacial score (nSPS) is 14.8. The van der Waals surface area contributed by atoms with Gasteiger partial charge in [-0.05, 0) is 48.7 Å². The number of pyridine rings is 1. The summed E-state index contributed by atoms with van der Waals surface area (Å²) in [6, 6.07) is 13.1. The number of fused-ring (bicyclic) bond motifs is 1. The van der Waals surface area contributed by atoms with E-state index in [1.165, 1.54) is 16.2 Å². The SMILES string of the molecule is COCCCNc1nc2ccccn2c(=O)c1/C=C1\SC(=S)N(CCc2ccc(OC)cc2)C1=O. The summed E-state index contributed by atoms with van der Waals surface area (Å²) in [6.45, 7) is 1.61. The number of carbonyl (C=O) groups is 1. The molecule has 1 N–H and O–H groups in total. The number of hydrogen-bond acceptors (Lipinski definition) is 8. The summed E-state index contributed by atoms with van der Waals surface area (Å²) in [5, 5.41) is 3.22. The average molecular weight is 511 g/mol. The molecule has 4 rings (SSSR count). The number of hydrogen-bond donors (Lipinski definition) is 1. The molecule has 0 atom stereocenters. The summed E-state index contributed by atoms with van der Waals surface area (Å²) in [7, 11) is 3.27. The summed E-state index contributed by atoms with van der Waals surface area (Å²) < 4.78 is 12.2. The van der Waals surface area contributed by atoms with E-state index in [0.29, 0.717) is 52.4 Å². The van der Waals surface area contributed by atoms with Gasteiger partial charge < -0.3 is 14.8 Å². The second kappa shape index (κ2) is 11.5. The van der Waals surface area contributed by atoms with E-state index < -0.39 is 0 Å². The smallest absolute Gasteiger partial charge is 0.267 e. The van der Waals surface area contributed by atoms with E-state index in [9.17, 15) is 9.59 Å². The van der Waals surface area contributed by atoms with Crippen molar-refractivity contribution in [2.75, 3.05) is 39.2 Å². The van der Waals surface area contributed by atoms with E-state index in [2.05, 4.69) is 10.3 Å². The Kier molecular flexibility index (Phi) is 8.17.